The van der Waals surface area contributed by atoms with Crippen LogP contribution in [-0.2, 0) is 14.3 Å². The summed E-state index contributed by atoms with van der Waals surface area (Å²) in [5.74, 6) is -0.825. The summed E-state index contributed by atoms with van der Waals surface area (Å²) in [6, 6.07) is 5.94. The van der Waals surface area contributed by atoms with E-state index in [9.17, 15) is 9.59 Å². The van der Waals surface area contributed by atoms with Gasteiger partial charge in [0.25, 0.3) is 0 Å². The summed E-state index contributed by atoms with van der Waals surface area (Å²) < 4.78 is 9.84. The Bertz CT molecular complexity index is 508. The standard InChI is InChI=1S/C16H19NO4/c1-4-11-21-16(19)14(5-2)17-13-9-7-12(8-10-13)15(18)20-6-3/h4-5,7-10,14,17H,1-2,6,11H2,3H3. The number of carbonyl (C=O) groups is 2. The minimum atomic E-state index is -0.668. The summed E-state index contributed by atoms with van der Waals surface area (Å²) in [6.07, 6.45) is 2.94. The lowest BCUT2D eigenvalue weighted by Crippen LogP contribution is -2.29. The fourth-order valence-electron chi connectivity index (χ4n) is 1.54. The molecule has 0 radical (unpaired) electrons. The molecule has 1 aromatic carbocycles. The third kappa shape index (κ3) is 5.14. The SMILES string of the molecule is C=CCOC(=O)C(C=C)Nc1ccc(C(=O)OCC)cc1. The van der Waals surface area contributed by atoms with E-state index in [1.54, 1.807) is 31.2 Å². The highest BCUT2D eigenvalue weighted by atomic mass is 16.5. The smallest absolute Gasteiger partial charge is 0.338 e. The summed E-state index contributed by atoms with van der Waals surface area (Å²) in [4.78, 5) is 23.2. The van der Waals surface area contributed by atoms with E-state index in [1.165, 1.54) is 12.2 Å². The van der Waals surface area contributed by atoms with E-state index >= 15 is 0 Å². The number of rotatable bonds is 8. The Kier molecular flexibility index (Phi) is 6.74. The first-order valence-corrected chi connectivity index (χ1v) is 6.56. The average molecular weight is 289 g/mol. The number of hydrogen-bond donors (Lipinski definition) is 1. The van der Waals surface area contributed by atoms with Crippen LogP contribution in [0.1, 0.15) is 17.3 Å². The minimum absolute atomic E-state index is 0.145. The van der Waals surface area contributed by atoms with Crippen LogP contribution in [0.15, 0.2) is 49.6 Å². The molecule has 0 aliphatic heterocycles. The Balaban J connectivity index is 2.68. The van der Waals surface area contributed by atoms with Crippen molar-refractivity contribution in [2.75, 3.05) is 18.5 Å². The molecule has 1 unspecified atom stereocenters. The second-order valence-corrected chi connectivity index (χ2v) is 4.07. The number of anilines is 1. The topological polar surface area (TPSA) is 64.6 Å². The number of carbonyl (C=O) groups excluding carboxylic acids is 2. The van der Waals surface area contributed by atoms with Crippen molar-refractivity contribution in [3.63, 3.8) is 0 Å². The van der Waals surface area contributed by atoms with Crippen LogP contribution in [-0.4, -0.2) is 31.2 Å². The molecule has 0 heterocycles. The van der Waals surface area contributed by atoms with Crippen molar-refractivity contribution >= 4 is 17.6 Å². The lowest BCUT2D eigenvalue weighted by Gasteiger charge is -2.14. The van der Waals surface area contributed by atoms with Gasteiger partial charge in [0.05, 0.1) is 12.2 Å². The van der Waals surface area contributed by atoms with Gasteiger partial charge in [0.15, 0.2) is 0 Å². The maximum atomic E-state index is 11.7. The molecule has 1 N–H and O–H groups in total. The van der Waals surface area contributed by atoms with E-state index in [4.69, 9.17) is 9.47 Å². The summed E-state index contributed by atoms with van der Waals surface area (Å²) in [6.45, 7) is 9.29. The molecule has 0 aliphatic carbocycles. The Labute approximate surface area is 124 Å². The Morgan fingerprint density at radius 2 is 1.90 bits per heavy atom. The molecule has 5 heteroatoms. The Morgan fingerprint density at radius 3 is 2.43 bits per heavy atom. The normalized spacial score (nSPS) is 11.1. The third-order valence-electron chi connectivity index (χ3n) is 2.55. The Hall–Kier alpha value is -2.56. The fraction of sp³-hybridized carbons (Fsp3) is 0.250. The highest BCUT2D eigenvalue weighted by Gasteiger charge is 2.16. The van der Waals surface area contributed by atoms with Crippen LogP contribution in [0.25, 0.3) is 0 Å². The quantitative estimate of drug-likeness (QED) is 0.588. The molecule has 0 bridgehead atoms. The van der Waals surface area contributed by atoms with Gasteiger partial charge in [-0.25, -0.2) is 9.59 Å². The van der Waals surface area contributed by atoms with Crippen LogP contribution in [0, 0.1) is 0 Å². The zero-order chi connectivity index (χ0) is 15.7. The fourth-order valence-corrected chi connectivity index (χ4v) is 1.54. The first-order chi connectivity index (χ1) is 10.1. The lowest BCUT2D eigenvalue weighted by molar-refractivity contribution is -0.142. The predicted octanol–water partition coefficient (Wildman–Crippen LogP) is 2.56. The van der Waals surface area contributed by atoms with Crippen molar-refractivity contribution in [3.8, 4) is 0 Å². The van der Waals surface area contributed by atoms with Gasteiger partial charge in [-0.3, -0.25) is 0 Å². The molecule has 0 amide bonds. The molecule has 1 rings (SSSR count). The second-order valence-electron chi connectivity index (χ2n) is 4.07. The molecule has 21 heavy (non-hydrogen) atoms. The van der Waals surface area contributed by atoms with Crippen molar-refractivity contribution in [2.24, 2.45) is 0 Å². The van der Waals surface area contributed by atoms with E-state index in [-0.39, 0.29) is 12.6 Å². The minimum Gasteiger partial charge on any atom is -0.462 e. The maximum absolute atomic E-state index is 11.7. The maximum Gasteiger partial charge on any atom is 0.338 e. The highest BCUT2D eigenvalue weighted by Crippen LogP contribution is 2.12. The van der Waals surface area contributed by atoms with Crippen LogP contribution < -0.4 is 5.32 Å². The highest BCUT2D eigenvalue weighted by molar-refractivity contribution is 5.90. The largest absolute Gasteiger partial charge is 0.462 e. The molecule has 1 atom stereocenters. The molecule has 1 aromatic rings. The molecule has 5 nitrogen and oxygen atoms in total. The first-order valence-electron chi connectivity index (χ1n) is 6.56. The van der Waals surface area contributed by atoms with E-state index < -0.39 is 12.0 Å². The van der Waals surface area contributed by atoms with E-state index in [0.717, 1.165) is 0 Å². The predicted molar refractivity (Wildman–Crippen MR) is 81.2 cm³/mol. The van der Waals surface area contributed by atoms with Gasteiger partial charge >= 0.3 is 11.9 Å². The molecule has 0 aromatic heterocycles. The molecule has 0 fully saturated rings. The summed E-state index contributed by atoms with van der Waals surface area (Å²) in [5, 5.41) is 2.96. The molecule has 0 aliphatic rings. The van der Waals surface area contributed by atoms with Gasteiger partial charge in [-0.1, -0.05) is 18.7 Å². The van der Waals surface area contributed by atoms with Gasteiger partial charge in [-0.05, 0) is 31.2 Å². The van der Waals surface area contributed by atoms with E-state index in [0.29, 0.717) is 17.9 Å². The van der Waals surface area contributed by atoms with Crippen LogP contribution in [0.2, 0.25) is 0 Å². The van der Waals surface area contributed by atoms with Crippen LogP contribution >= 0.6 is 0 Å². The van der Waals surface area contributed by atoms with Gasteiger partial charge in [-0.2, -0.15) is 0 Å². The molecule has 0 saturated heterocycles. The molecule has 0 spiro atoms. The van der Waals surface area contributed by atoms with Gasteiger partial charge in [0.1, 0.15) is 12.6 Å². The van der Waals surface area contributed by atoms with Crippen molar-refractivity contribution in [3.05, 3.63) is 55.1 Å². The van der Waals surface area contributed by atoms with Crippen LogP contribution in [0.5, 0.6) is 0 Å². The summed E-state index contributed by atoms with van der Waals surface area (Å²) in [5.41, 5.74) is 1.12. The summed E-state index contributed by atoms with van der Waals surface area (Å²) in [7, 11) is 0. The zero-order valence-corrected chi connectivity index (χ0v) is 12.0. The number of hydrogen-bond acceptors (Lipinski definition) is 5. The zero-order valence-electron chi connectivity index (χ0n) is 12.0. The van der Waals surface area contributed by atoms with Crippen molar-refractivity contribution in [1.29, 1.82) is 0 Å². The van der Waals surface area contributed by atoms with Crippen molar-refractivity contribution in [2.45, 2.75) is 13.0 Å². The molecular formula is C16H19NO4. The third-order valence-corrected chi connectivity index (χ3v) is 2.55. The second kappa shape index (κ2) is 8.58. The number of ether oxygens (including phenoxy) is 2. The van der Waals surface area contributed by atoms with Crippen molar-refractivity contribution < 1.29 is 19.1 Å². The monoisotopic (exact) mass is 289 g/mol. The van der Waals surface area contributed by atoms with Crippen LogP contribution in [0.4, 0.5) is 5.69 Å². The van der Waals surface area contributed by atoms with E-state index in [2.05, 4.69) is 18.5 Å². The first kappa shape index (κ1) is 16.5. The number of esters is 2. The number of benzene rings is 1. The summed E-state index contributed by atoms with van der Waals surface area (Å²) >= 11 is 0. The van der Waals surface area contributed by atoms with Gasteiger partial charge in [0.2, 0.25) is 0 Å². The Morgan fingerprint density at radius 1 is 1.24 bits per heavy atom. The average Bonchev–Trinajstić information content (AvgIpc) is 2.51. The van der Waals surface area contributed by atoms with Crippen molar-refractivity contribution in [1.82, 2.24) is 0 Å². The number of nitrogens with one attached hydrogen (secondary N) is 1. The molecule has 112 valence electrons. The van der Waals surface area contributed by atoms with E-state index in [1.807, 2.05) is 0 Å². The molecular weight excluding hydrogens is 270 g/mol. The lowest BCUT2D eigenvalue weighted by atomic mass is 10.2. The molecule has 0 saturated carbocycles. The van der Waals surface area contributed by atoms with Gasteiger partial charge in [0, 0.05) is 5.69 Å². The van der Waals surface area contributed by atoms with Gasteiger partial charge < -0.3 is 14.8 Å². The van der Waals surface area contributed by atoms with Crippen LogP contribution in [0.3, 0.4) is 0 Å². The van der Waals surface area contributed by atoms with Gasteiger partial charge in [-0.15, -0.1) is 6.58 Å².